The minimum Gasteiger partial charge on any atom is -0.324 e. The average molecular weight is 345 g/mol. The number of hydrogen-bond donors (Lipinski definition) is 1. The van der Waals surface area contributed by atoms with E-state index in [0.717, 1.165) is 5.56 Å². The molecule has 6 nitrogen and oxygen atoms in total. The molecule has 1 N–H and O–H groups in total. The molecule has 7 heteroatoms. The fourth-order valence-corrected chi connectivity index (χ4v) is 4.02. The third kappa shape index (κ3) is 3.98. The molecule has 126 valence electrons. The van der Waals surface area contributed by atoms with Crippen LogP contribution in [0.2, 0.25) is 0 Å². The van der Waals surface area contributed by atoms with Crippen LogP contribution in [-0.4, -0.2) is 48.8 Å². The summed E-state index contributed by atoms with van der Waals surface area (Å²) in [6.07, 6.45) is 3.22. The van der Waals surface area contributed by atoms with Gasteiger partial charge in [-0.3, -0.25) is 14.7 Å². The fraction of sp³-hybridized carbons (Fsp3) is 0.294. The quantitative estimate of drug-likeness (QED) is 0.908. The van der Waals surface area contributed by atoms with Gasteiger partial charge < -0.3 is 5.32 Å². The van der Waals surface area contributed by atoms with Crippen molar-refractivity contribution in [2.45, 2.75) is 6.04 Å². The first-order chi connectivity index (χ1) is 11.6. The van der Waals surface area contributed by atoms with Crippen LogP contribution >= 0.6 is 0 Å². The van der Waals surface area contributed by atoms with Gasteiger partial charge in [-0.25, -0.2) is 8.42 Å². The predicted molar refractivity (Wildman–Crippen MR) is 92.3 cm³/mol. The molecule has 0 spiro atoms. The normalized spacial score (nSPS) is 18.7. The van der Waals surface area contributed by atoms with Crippen LogP contribution in [0, 0.1) is 0 Å². The summed E-state index contributed by atoms with van der Waals surface area (Å²) in [4.78, 5) is 18.7. The van der Waals surface area contributed by atoms with Crippen molar-refractivity contribution < 1.29 is 13.2 Å². The molecule has 1 aromatic carbocycles. The number of carbonyl (C=O) groups excluding carboxylic acids is 1. The Labute approximate surface area is 141 Å². The number of sulfone groups is 1. The molecule has 0 bridgehead atoms. The highest BCUT2D eigenvalue weighted by Crippen LogP contribution is 2.24. The maximum atomic E-state index is 12.9. The highest BCUT2D eigenvalue weighted by Gasteiger charge is 2.32. The van der Waals surface area contributed by atoms with Crippen molar-refractivity contribution in [1.29, 1.82) is 0 Å². The highest BCUT2D eigenvalue weighted by molar-refractivity contribution is 7.91. The van der Waals surface area contributed by atoms with Crippen LogP contribution in [0.1, 0.15) is 11.6 Å². The number of rotatable bonds is 4. The van der Waals surface area contributed by atoms with Crippen molar-refractivity contribution in [1.82, 2.24) is 9.88 Å². The summed E-state index contributed by atoms with van der Waals surface area (Å²) in [5.41, 5.74) is 1.52. The number of pyridine rings is 1. The highest BCUT2D eigenvalue weighted by atomic mass is 32.2. The number of carbonyl (C=O) groups is 1. The van der Waals surface area contributed by atoms with Gasteiger partial charge in [-0.1, -0.05) is 30.3 Å². The van der Waals surface area contributed by atoms with E-state index in [2.05, 4.69) is 10.3 Å². The van der Waals surface area contributed by atoms with E-state index in [-0.39, 0.29) is 17.4 Å². The maximum absolute atomic E-state index is 12.9. The van der Waals surface area contributed by atoms with Gasteiger partial charge in [-0.05, 0) is 17.7 Å². The number of aromatic nitrogens is 1. The molecular weight excluding hydrogens is 326 g/mol. The summed E-state index contributed by atoms with van der Waals surface area (Å²) < 4.78 is 23.4. The van der Waals surface area contributed by atoms with Crippen molar-refractivity contribution in [3.05, 3.63) is 60.4 Å². The van der Waals surface area contributed by atoms with Crippen LogP contribution < -0.4 is 5.32 Å². The number of nitrogens with zero attached hydrogens (tertiary/aromatic N) is 2. The number of benzene rings is 1. The van der Waals surface area contributed by atoms with E-state index in [1.807, 2.05) is 35.2 Å². The lowest BCUT2D eigenvalue weighted by atomic mass is 10.0. The fourth-order valence-electron chi connectivity index (χ4n) is 2.79. The first kappa shape index (κ1) is 16.6. The lowest BCUT2D eigenvalue weighted by molar-refractivity contribution is -0.121. The summed E-state index contributed by atoms with van der Waals surface area (Å²) >= 11 is 0. The molecule has 1 aliphatic heterocycles. The molecule has 1 aromatic heterocycles. The Balaban J connectivity index is 1.84. The molecule has 0 aliphatic carbocycles. The zero-order chi connectivity index (χ0) is 17.0. The molecule has 1 amide bonds. The average Bonchev–Trinajstić information content (AvgIpc) is 2.58. The van der Waals surface area contributed by atoms with Crippen LogP contribution in [0.15, 0.2) is 54.9 Å². The SMILES string of the molecule is O=C(Nc1ccncc1)[C@@H](c1ccccc1)N1CCS(=O)(=O)CC1. The van der Waals surface area contributed by atoms with Gasteiger partial charge in [0.25, 0.3) is 0 Å². The Morgan fingerprint density at radius 3 is 2.29 bits per heavy atom. The Kier molecular flexibility index (Phi) is 4.92. The van der Waals surface area contributed by atoms with Crippen molar-refractivity contribution in [3.63, 3.8) is 0 Å². The maximum Gasteiger partial charge on any atom is 0.246 e. The Morgan fingerprint density at radius 1 is 1.04 bits per heavy atom. The largest absolute Gasteiger partial charge is 0.324 e. The van der Waals surface area contributed by atoms with Crippen LogP contribution in [0.4, 0.5) is 5.69 Å². The van der Waals surface area contributed by atoms with Gasteiger partial charge in [0, 0.05) is 31.2 Å². The molecule has 3 rings (SSSR count). The molecule has 0 saturated carbocycles. The lowest BCUT2D eigenvalue weighted by Gasteiger charge is -2.33. The van der Waals surface area contributed by atoms with Crippen LogP contribution in [0.5, 0.6) is 0 Å². The number of amides is 1. The molecule has 2 aromatic rings. The second-order valence-electron chi connectivity index (χ2n) is 5.73. The number of nitrogens with one attached hydrogen (secondary N) is 1. The zero-order valence-corrected chi connectivity index (χ0v) is 13.9. The molecule has 0 unspecified atom stereocenters. The molecule has 1 fully saturated rings. The second-order valence-corrected chi connectivity index (χ2v) is 8.03. The summed E-state index contributed by atoms with van der Waals surface area (Å²) in [6.45, 7) is 0.706. The molecule has 0 radical (unpaired) electrons. The second kappa shape index (κ2) is 7.11. The van der Waals surface area contributed by atoms with Crippen LogP contribution in [-0.2, 0) is 14.6 Å². The molecular formula is C17H19N3O3S. The molecule has 1 saturated heterocycles. The van der Waals surface area contributed by atoms with Crippen molar-refractivity contribution >= 4 is 21.4 Å². The predicted octanol–water partition coefficient (Wildman–Crippen LogP) is 1.49. The third-order valence-electron chi connectivity index (χ3n) is 4.06. The number of hydrogen-bond acceptors (Lipinski definition) is 5. The minimum atomic E-state index is -3.00. The summed E-state index contributed by atoms with van der Waals surface area (Å²) in [7, 11) is -3.00. The van der Waals surface area contributed by atoms with Crippen LogP contribution in [0.3, 0.4) is 0 Å². The molecule has 1 aliphatic rings. The standard InChI is InChI=1S/C17H19N3O3S/c21-17(19-15-6-8-18-9-7-15)16(14-4-2-1-3-5-14)20-10-12-24(22,23)13-11-20/h1-9,16H,10-13H2,(H,18,19,21)/t16-/m1/s1. The van der Waals surface area contributed by atoms with E-state index in [1.54, 1.807) is 24.5 Å². The Morgan fingerprint density at radius 2 is 1.67 bits per heavy atom. The van der Waals surface area contributed by atoms with Crippen LogP contribution in [0.25, 0.3) is 0 Å². The van der Waals surface area contributed by atoms with Gasteiger partial charge in [0.1, 0.15) is 6.04 Å². The van der Waals surface area contributed by atoms with Crippen molar-refractivity contribution in [2.75, 3.05) is 29.9 Å². The molecule has 1 atom stereocenters. The minimum absolute atomic E-state index is 0.0822. The summed E-state index contributed by atoms with van der Waals surface area (Å²) in [6, 6.07) is 12.4. The van der Waals surface area contributed by atoms with Crippen molar-refractivity contribution in [2.24, 2.45) is 0 Å². The number of anilines is 1. The summed E-state index contributed by atoms with van der Waals surface area (Å²) in [5, 5.41) is 2.89. The van der Waals surface area contributed by atoms with E-state index in [0.29, 0.717) is 18.8 Å². The molecule has 2 heterocycles. The Bertz CT molecular complexity index is 780. The van der Waals surface area contributed by atoms with Gasteiger partial charge in [-0.15, -0.1) is 0 Å². The van der Waals surface area contributed by atoms with Gasteiger partial charge in [-0.2, -0.15) is 0 Å². The molecule has 24 heavy (non-hydrogen) atoms. The van der Waals surface area contributed by atoms with E-state index in [4.69, 9.17) is 0 Å². The third-order valence-corrected chi connectivity index (χ3v) is 5.66. The van der Waals surface area contributed by atoms with Gasteiger partial charge in [0.2, 0.25) is 5.91 Å². The summed E-state index contributed by atoms with van der Waals surface area (Å²) in [5.74, 6) is -0.00993. The van der Waals surface area contributed by atoms with E-state index in [1.165, 1.54) is 0 Å². The Hall–Kier alpha value is -2.25. The van der Waals surface area contributed by atoms with Gasteiger partial charge >= 0.3 is 0 Å². The van der Waals surface area contributed by atoms with E-state index in [9.17, 15) is 13.2 Å². The van der Waals surface area contributed by atoms with E-state index < -0.39 is 15.9 Å². The lowest BCUT2D eigenvalue weighted by Crippen LogP contribution is -2.46. The van der Waals surface area contributed by atoms with Gasteiger partial charge in [0.15, 0.2) is 9.84 Å². The van der Waals surface area contributed by atoms with E-state index >= 15 is 0 Å². The topological polar surface area (TPSA) is 79.4 Å². The first-order valence-corrected chi connectivity index (χ1v) is 9.58. The van der Waals surface area contributed by atoms with Gasteiger partial charge in [0.05, 0.1) is 11.5 Å². The zero-order valence-electron chi connectivity index (χ0n) is 13.1. The monoisotopic (exact) mass is 345 g/mol. The van der Waals surface area contributed by atoms with Crippen molar-refractivity contribution in [3.8, 4) is 0 Å². The first-order valence-electron chi connectivity index (χ1n) is 7.75. The smallest absolute Gasteiger partial charge is 0.246 e.